The molecule has 4 heterocycles. The molecule has 22 heavy (non-hydrogen) atoms. The van der Waals surface area contributed by atoms with Crippen LogP contribution in [0.2, 0.25) is 0 Å². The molecule has 2 fully saturated rings. The molecule has 1 aromatic rings. The first-order valence-electron chi connectivity index (χ1n) is 6.88. The van der Waals surface area contributed by atoms with Crippen LogP contribution >= 0.6 is 12.6 Å². The van der Waals surface area contributed by atoms with E-state index in [2.05, 4.69) is 22.9 Å². The van der Waals surface area contributed by atoms with Gasteiger partial charge in [-0.05, 0) is 17.7 Å². The van der Waals surface area contributed by atoms with Crippen LogP contribution in [0, 0.1) is 0 Å². The summed E-state index contributed by atoms with van der Waals surface area (Å²) in [6.07, 6.45) is 2.97. The second-order valence-corrected chi connectivity index (χ2v) is 5.96. The summed E-state index contributed by atoms with van der Waals surface area (Å²) in [4.78, 5) is 29.1. The van der Waals surface area contributed by atoms with E-state index in [1.165, 1.54) is 4.90 Å². The van der Waals surface area contributed by atoms with E-state index >= 15 is 0 Å². The Labute approximate surface area is 131 Å². The molecule has 2 N–H and O–H groups in total. The van der Waals surface area contributed by atoms with Crippen LogP contribution in [0.25, 0.3) is 0 Å². The molecule has 2 saturated heterocycles. The van der Waals surface area contributed by atoms with Crippen molar-refractivity contribution in [1.29, 1.82) is 0 Å². The molecule has 8 heteroatoms. The van der Waals surface area contributed by atoms with Crippen molar-refractivity contribution in [3.63, 3.8) is 0 Å². The van der Waals surface area contributed by atoms with Gasteiger partial charge in [0.05, 0.1) is 11.3 Å². The molecule has 1 unspecified atom stereocenters. The van der Waals surface area contributed by atoms with E-state index < -0.39 is 11.2 Å². The highest BCUT2D eigenvalue weighted by molar-refractivity contribution is 7.80. The first-order chi connectivity index (χ1) is 10.6. The van der Waals surface area contributed by atoms with Crippen LogP contribution in [0.1, 0.15) is 10.8 Å². The number of nitrogens with one attached hydrogen (secondary N) is 1. The van der Waals surface area contributed by atoms with Crippen molar-refractivity contribution in [2.45, 2.75) is 23.4 Å². The van der Waals surface area contributed by atoms with Gasteiger partial charge in [-0.2, -0.15) is 12.6 Å². The van der Waals surface area contributed by atoms with Gasteiger partial charge in [0.15, 0.2) is 5.70 Å². The summed E-state index contributed by atoms with van der Waals surface area (Å²) in [7, 11) is 0. The van der Waals surface area contributed by atoms with E-state index in [-0.39, 0.29) is 35.6 Å². The summed E-state index contributed by atoms with van der Waals surface area (Å²) in [6, 6.07) is 2.92. The number of β-lactam (4-membered cyclic amide) rings is 1. The summed E-state index contributed by atoms with van der Waals surface area (Å²) in [5.74, 6) is -1.19. The van der Waals surface area contributed by atoms with Crippen molar-refractivity contribution in [3.8, 4) is 0 Å². The van der Waals surface area contributed by atoms with Crippen LogP contribution in [0.3, 0.4) is 0 Å². The summed E-state index contributed by atoms with van der Waals surface area (Å²) < 4.78 is 5.90. The number of carboxylic acid groups (broad SMARTS) is 1. The quantitative estimate of drug-likeness (QED) is 0.534. The molecule has 3 aliphatic rings. The largest absolute Gasteiger partial charge is 0.487 e. The van der Waals surface area contributed by atoms with Gasteiger partial charge < -0.3 is 15.2 Å². The molecule has 0 spiro atoms. The highest BCUT2D eigenvalue weighted by Gasteiger charge is 2.61. The number of thiol groups is 1. The summed E-state index contributed by atoms with van der Waals surface area (Å²) >= 11 is 4.50. The number of carbonyl (C=O) groups excluding carboxylic acids is 1. The zero-order valence-corrected chi connectivity index (χ0v) is 12.2. The van der Waals surface area contributed by atoms with E-state index in [4.69, 9.17) is 4.74 Å². The van der Waals surface area contributed by atoms with Crippen molar-refractivity contribution < 1.29 is 19.4 Å². The number of rotatable bonds is 3. The summed E-state index contributed by atoms with van der Waals surface area (Å²) in [6.45, 7) is 0.519. The number of amides is 1. The van der Waals surface area contributed by atoms with Crippen molar-refractivity contribution in [1.82, 2.24) is 15.2 Å². The number of aromatic nitrogens is 1. The first-order valence-corrected chi connectivity index (χ1v) is 7.40. The maximum atomic E-state index is 12.1. The first kappa shape index (κ1) is 13.6. The smallest absolute Gasteiger partial charge is 0.356 e. The third-order valence-electron chi connectivity index (χ3n) is 4.29. The zero-order valence-electron chi connectivity index (χ0n) is 11.3. The maximum absolute atomic E-state index is 12.1. The summed E-state index contributed by atoms with van der Waals surface area (Å²) in [5, 5.41) is 12.0. The van der Waals surface area contributed by atoms with Gasteiger partial charge in [0, 0.05) is 18.9 Å². The molecule has 4 rings (SSSR count). The monoisotopic (exact) mass is 319 g/mol. The normalized spacial score (nSPS) is 30.5. The van der Waals surface area contributed by atoms with Gasteiger partial charge in [0.1, 0.15) is 17.9 Å². The number of carbonyl (C=O) groups is 2. The second kappa shape index (κ2) is 4.72. The maximum Gasteiger partial charge on any atom is 0.356 e. The van der Waals surface area contributed by atoms with Gasteiger partial charge in [0.25, 0.3) is 0 Å². The molecule has 0 bridgehead atoms. The van der Waals surface area contributed by atoms with Crippen LogP contribution in [0.5, 0.6) is 0 Å². The minimum Gasteiger partial charge on any atom is -0.487 e. The van der Waals surface area contributed by atoms with Gasteiger partial charge in [-0.15, -0.1) is 0 Å². The van der Waals surface area contributed by atoms with Gasteiger partial charge in [-0.3, -0.25) is 14.7 Å². The highest BCUT2D eigenvalue weighted by Crippen LogP contribution is 2.44. The predicted octanol–water partition coefficient (Wildman–Crippen LogP) is -0.0699. The fraction of sp³-hybridized carbons (Fsp3) is 0.357. The molecule has 0 radical (unpaired) electrons. The molecule has 114 valence electrons. The molecular weight excluding hydrogens is 306 g/mol. The SMILES string of the molecule is O=C(O)C1=C(C(S)c2ccncc2)O[C@@H]2CN[C@@H]3C(=O)N1[C@@H]32. The Hall–Kier alpha value is -2.06. The Bertz CT molecular complexity index is 693. The predicted molar refractivity (Wildman–Crippen MR) is 77.9 cm³/mol. The number of nitrogens with zero attached hydrogens (tertiary/aromatic N) is 2. The zero-order chi connectivity index (χ0) is 15.4. The molecule has 1 amide bonds. The molecule has 0 aromatic carbocycles. The van der Waals surface area contributed by atoms with Gasteiger partial charge in [-0.1, -0.05) is 0 Å². The van der Waals surface area contributed by atoms with Gasteiger partial charge in [-0.25, -0.2) is 4.79 Å². The lowest BCUT2D eigenvalue weighted by Gasteiger charge is -2.48. The van der Waals surface area contributed by atoms with E-state index in [1.54, 1.807) is 24.5 Å². The van der Waals surface area contributed by atoms with E-state index in [0.29, 0.717) is 6.54 Å². The molecule has 7 nitrogen and oxygen atoms in total. The van der Waals surface area contributed by atoms with E-state index in [1.807, 2.05) is 0 Å². The van der Waals surface area contributed by atoms with Crippen LogP contribution in [-0.4, -0.2) is 51.6 Å². The van der Waals surface area contributed by atoms with Gasteiger partial charge in [0.2, 0.25) is 5.91 Å². The van der Waals surface area contributed by atoms with Crippen LogP contribution in [-0.2, 0) is 14.3 Å². The lowest BCUT2D eigenvalue weighted by molar-refractivity contribution is -0.158. The molecular formula is C14H13N3O4S. The average Bonchev–Trinajstić information content (AvgIpc) is 2.94. The van der Waals surface area contributed by atoms with Crippen molar-refractivity contribution in [2.75, 3.05) is 6.54 Å². The molecule has 0 saturated carbocycles. The second-order valence-electron chi connectivity index (χ2n) is 5.44. The minimum absolute atomic E-state index is 0.108. The van der Waals surface area contributed by atoms with Gasteiger partial charge >= 0.3 is 5.97 Å². The number of hydrogen-bond acceptors (Lipinski definition) is 6. The Balaban J connectivity index is 1.79. The molecule has 1 aromatic heterocycles. The van der Waals surface area contributed by atoms with Crippen molar-refractivity contribution in [2.24, 2.45) is 0 Å². The molecule has 4 atom stereocenters. The molecule has 0 aliphatic carbocycles. The number of aliphatic carboxylic acids is 1. The molecule has 3 aliphatic heterocycles. The van der Waals surface area contributed by atoms with Crippen LogP contribution in [0.15, 0.2) is 36.0 Å². The summed E-state index contributed by atoms with van der Waals surface area (Å²) in [5.41, 5.74) is 0.657. The number of carboxylic acids is 1. The third kappa shape index (κ3) is 1.71. The Morgan fingerprint density at radius 1 is 1.50 bits per heavy atom. The fourth-order valence-corrected chi connectivity index (χ4v) is 3.63. The van der Waals surface area contributed by atoms with Crippen LogP contribution < -0.4 is 5.32 Å². The van der Waals surface area contributed by atoms with Crippen LogP contribution in [0.4, 0.5) is 0 Å². The Morgan fingerprint density at radius 3 is 2.91 bits per heavy atom. The lowest BCUT2D eigenvalue weighted by atomic mass is 9.91. The fourth-order valence-electron chi connectivity index (χ4n) is 3.27. The number of hydrogen-bond donors (Lipinski definition) is 3. The topological polar surface area (TPSA) is 91.8 Å². The van der Waals surface area contributed by atoms with E-state index in [0.717, 1.165) is 5.56 Å². The standard InChI is InChI=1S/C14H13N3O4S/c18-13-8-9-7(5-16-8)21-11(10(14(19)20)17(9)13)12(22)6-1-3-15-4-2-6/h1-4,7-9,12,16,22H,5H2,(H,19,20)/t7-,8+,9-,12?/m1/s1. The lowest BCUT2D eigenvalue weighted by Crippen LogP contribution is -2.69. The number of pyridine rings is 1. The average molecular weight is 319 g/mol. The van der Waals surface area contributed by atoms with Crippen molar-refractivity contribution >= 4 is 24.5 Å². The Kier molecular flexibility index (Phi) is 2.92. The highest BCUT2D eigenvalue weighted by atomic mass is 32.1. The van der Waals surface area contributed by atoms with Crippen molar-refractivity contribution in [3.05, 3.63) is 41.5 Å². The Morgan fingerprint density at radius 2 is 2.23 bits per heavy atom. The third-order valence-corrected chi connectivity index (χ3v) is 4.82. The van der Waals surface area contributed by atoms with E-state index in [9.17, 15) is 14.7 Å². The minimum atomic E-state index is -1.18. The number of ether oxygens (including phenoxy) is 1.